The van der Waals surface area contributed by atoms with E-state index in [0.717, 1.165) is 21.9 Å². The summed E-state index contributed by atoms with van der Waals surface area (Å²) < 4.78 is 15.5. The minimum absolute atomic E-state index is 0.129. The molecule has 0 aliphatic heterocycles. The number of amides is 3. The van der Waals surface area contributed by atoms with E-state index in [2.05, 4.69) is 16.0 Å². The van der Waals surface area contributed by atoms with Gasteiger partial charge in [0.2, 0.25) is 5.91 Å². The molecule has 0 saturated carbocycles. The minimum Gasteiger partial charge on any atom is -0.467 e. The van der Waals surface area contributed by atoms with Crippen molar-refractivity contribution in [3.8, 4) is 0 Å². The Labute approximate surface area is 246 Å². The topological polar surface area (TPSA) is 132 Å². The van der Waals surface area contributed by atoms with Gasteiger partial charge in [0, 0.05) is 13.0 Å². The van der Waals surface area contributed by atoms with E-state index in [0.29, 0.717) is 6.42 Å². The first-order valence-electron chi connectivity index (χ1n) is 13.8. The van der Waals surface area contributed by atoms with E-state index in [4.69, 9.17) is 14.2 Å². The van der Waals surface area contributed by atoms with E-state index >= 15 is 0 Å². The molecule has 224 valence electrons. The number of carbonyl (C=O) groups is 4. The predicted octanol–water partition coefficient (Wildman–Crippen LogP) is 4.64. The average molecular weight is 578 g/mol. The highest BCUT2D eigenvalue weighted by atomic mass is 16.6. The molecule has 0 radical (unpaired) electrons. The van der Waals surface area contributed by atoms with Gasteiger partial charge in [-0.3, -0.25) is 4.79 Å². The van der Waals surface area contributed by atoms with Crippen LogP contribution in [0.5, 0.6) is 0 Å². The van der Waals surface area contributed by atoms with E-state index in [1.54, 1.807) is 20.8 Å². The summed E-state index contributed by atoms with van der Waals surface area (Å²) in [4.78, 5) is 50.6. The lowest BCUT2D eigenvalue weighted by molar-refractivity contribution is -0.145. The zero-order valence-corrected chi connectivity index (χ0v) is 24.5. The molecule has 0 spiro atoms. The maximum absolute atomic E-state index is 13.4. The highest BCUT2D eigenvalue weighted by Gasteiger charge is 2.29. The van der Waals surface area contributed by atoms with Crippen molar-refractivity contribution >= 4 is 34.8 Å². The fourth-order valence-electron chi connectivity index (χ4n) is 4.20. The van der Waals surface area contributed by atoms with E-state index in [-0.39, 0.29) is 26.0 Å². The summed E-state index contributed by atoms with van der Waals surface area (Å²) in [5, 5.41) is 10.0. The number of benzene rings is 3. The molecule has 42 heavy (non-hydrogen) atoms. The lowest BCUT2D eigenvalue weighted by Gasteiger charge is -2.25. The summed E-state index contributed by atoms with van der Waals surface area (Å²) in [7, 11) is 1.25. The summed E-state index contributed by atoms with van der Waals surface area (Å²) in [6.45, 7) is 5.46. The average Bonchev–Trinajstić information content (AvgIpc) is 2.96. The molecular weight excluding hydrogens is 538 g/mol. The molecule has 0 aliphatic rings. The quantitative estimate of drug-likeness (QED) is 0.162. The highest BCUT2D eigenvalue weighted by molar-refractivity contribution is 5.90. The van der Waals surface area contributed by atoms with Crippen LogP contribution in [0.2, 0.25) is 0 Å². The van der Waals surface area contributed by atoms with Crippen molar-refractivity contribution in [2.24, 2.45) is 0 Å². The fraction of sp³-hybridized carbons (Fsp3) is 0.375. The Bertz CT molecular complexity index is 1350. The monoisotopic (exact) mass is 577 g/mol. The largest absolute Gasteiger partial charge is 0.467 e. The summed E-state index contributed by atoms with van der Waals surface area (Å²) in [6, 6.07) is 20.9. The summed E-state index contributed by atoms with van der Waals surface area (Å²) >= 11 is 0. The van der Waals surface area contributed by atoms with Crippen LogP contribution in [0.1, 0.15) is 44.7 Å². The van der Waals surface area contributed by atoms with Gasteiger partial charge in [-0.25, -0.2) is 14.4 Å². The van der Waals surface area contributed by atoms with Crippen molar-refractivity contribution in [3.63, 3.8) is 0 Å². The number of rotatable bonds is 12. The summed E-state index contributed by atoms with van der Waals surface area (Å²) in [5.74, 6) is -1.20. The molecule has 0 aromatic heterocycles. The number of nitrogens with one attached hydrogen (secondary N) is 3. The Kier molecular flexibility index (Phi) is 11.7. The maximum Gasteiger partial charge on any atom is 0.408 e. The van der Waals surface area contributed by atoms with Gasteiger partial charge in [0.25, 0.3) is 0 Å². The van der Waals surface area contributed by atoms with Crippen LogP contribution in [0.15, 0.2) is 72.8 Å². The zero-order chi connectivity index (χ0) is 30.5. The predicted molar refractivity (Wildman–Crippen MR) is 159 cm³/mol. The number of hydrogen-bond acceptors (Lipinski definition) is 7. The van der Waals surface area contributed by atoms with E-state index in [9.17, 15) is 19.2 Å². The second-order valence-electron chi connectivity index (χ2n) is 10.8. The third-order valence-corrected chi connectivity index (χ3v) is 6.22. The second kappa shape index (κ2) is 15.4. The number of methoxy groups -OCH3 is 1. The number of hydrogen-bond donors (Lipinski definition) is 3. The molecule has 3 amide bonds. The fourth-order valence-corrected chi connectivity index (χ4v) is 4.20. The van der Waals surface area contributed by atoms with Gasteiger partial charge in [0.1, 0.15) is 24.3 Å². The molecule has 2 unspecified atom stereocenters. The molecule has 2 atom stereocenters. The van der Waals surface area contributed by atoms with Gasteiger partial charge in [-0.15, -0.1) is 0 Å². The maximum atomic E-state index is 13.4. The van der Waals surface area contributed by atoms with Crippen LogP contribution in [0, 0.1) is 0 Å². The first-order chi connectivity index (χ1) is 20.0. The number of fused-ring (bicyclic) bond motifs is 1. The van der Waals surface area contributed by atoms with Crippen molar-refractivity contribution < 1.29 is 33.4 Å². The first-order valence-corrected chi connectivity index (χ1v) is 13.8. The number of esters is 1. The van der Waals surface area contributed by atoms with Gasteiger partial charge in [0.05, 0.1) is 7.11 Å². The van der Waals surface area contributed by atoms with Crippen molar-refractivity contribution in [2.45, 2.75) is 64.3 Å². The van der Waals surface area contributed by atoms with E-state index in [1.807, 2.05) is 72.8 Å². The Morgan fingerprint density at radius 1 is 0.786 bits per heavy atom. The normalized spacial score (nSPS) is 12.5. The molecule has 0 saturated heterocycles. The molecule has 10 heteroatoms. The molecule has 0 fully saturated rings. The molecule has 3 N–H and O–H groups in total. The van der Waals surface area contributed by atoms with E-state index in [1.165, 1.54) is 7.11 Å². The first kappa shape index (κ1) is 31.9. The zero-order valence-electron chi connectivity index (χ0n) is 24.5. The lowest BCUT2D eigenvalue weighted by atomic mass is 10.0. The molecule has 3 aromatic rings. The van der Waals surface area contributed by atoms with Gasteiger partial charge >= 0.3 is 18.2 Å². The van der Waals surface area contributed by atoms with Crippen molar-refractivity contribution in [3.05, 3.63) is 83.9 Å². The van der Waals surface area contributed by atoms with Gasteiger partial charge in [0.15, 0.2) is 0 Å². The Hall–Kier alpha value is -4.60. The van der Waals surface area contributed by atoms with Crippen LogP contribution in [-0.4, -0.2) is 55.4 Å². The number of carbonyl (C=O) groups excluding carboxylic acids is 4. The highest BCUT2D eigenvalue weighted by Crippen LogP contribution is 2.17. The molecule has 10 nitrogen and oxygen atoms in total. The van der Waals surface area contributed by atoms with Gasteiger partial charge in [-0.2, -0.15) is 0 Å². The molecule has 0 bridgehead atoms. The lowest BCUT2D eigenvalue weighted by Crippen LogP contribution is -2.53. The minimum atomic E-state index is -1.04. The molecular formula is C32H39N3O7. The number of ether oxygens (including phenoxy) is 3. The third-order valence-electron chi connectivity index (χ3n) is 6.22. The molecule has 3 aromatic carbocycles. The van der Waals surface area contributed by atoms with Crippen LogP contribution >= 0.6 is 0 Å². The van der Waals surface area contributed by atoms with Crippen LogP contribution in [0.4, 0.5) is 9.59 Å². The standard InChI is InChI=1S/C32H39N3O7/c1-32(2,3)42-31(39)35-26(15-10-18-33-30(38)41-21-22-11-6-5-7-12-22)28(36)34-27(29(37)40-4)20-23-16-17-24-13-8-9-14-25(24)19-23/h5-9,11-14,16-17,19,26-27H,10,15,18,20-21H2,1-4H3,(H,33,38)(H,34,36)(H,35,39). The van der Waals surface area contributed by atoms with Gasteiger partial charge in [-0.05, 0) is 55.5 Å². The van der Waals surface area contributed by atoms with Crippen LogP contribution in [-0.2, 0) is 36.8 Å². The molecule has 0 aliphatic carbocycles. The second-order valence-corrected chi connectivity index (χ2v) is 10.8. The Morgan fingerprint density at radius 3 is 2.17 bits per heavy atom. The summed E-state index contributed by atoms with van der Waals surface area (Å²) in [5.41, 5.74) is 0.911. The van der Waals surface area contributed by atoms with Crippen molar-refractivity contribution in [1.82, 2.24) is 16.0 Å². The molecule has 0 heterocycles. The van der Waals surface area contributed by atoms with Gasteiger partial charge < -0.3 is 30.2 Å². The van der Waals surface area contributed by atoms with Crippen molar-refractivity contribution in [2.75, 3.05) is 13.7 Å². The van der Waals surface area contributed by atoms with Crippen LogP contribution in [0.25, 0.3) is 10.8 Å². The van der Waals surface area contributed by atoms with E-state index < -0.39 is 41.7 Å². The van der Waals surface area contributed by atoms with Crippen LogP contribution < -0.4 is 16.0 Å². The Morgan fingerprint density at radius 2 is 1.48 bits per heavy atom. The number of alkyl carbamates (subject to hydrolysis) is 2. The van der Waals surface area contributed by atoms with Gasteiger partial charge in [-0.1, -0.05) is 72.8 Å². The smallest absolute Gasteiger partial charge is 0.408 e. The SMILES string of the molecule is COC(=O)C(Cc1ccc2ccccc2c1)NC(=O)C(CCCNC(=O)OCc1ccccc1)NC(=O)OC(C)(C)C. The molecule has 3 rings (SSSR count). The van der Waals surface area contributed by atoms with Crippen LogP contribution in [0.3, 0.4) is 0 Å². The van der Waals surface area contributed by atoms with Crippen molar-refractivity contribution in [1.29, 1.82) is 0 Å². The summed E-state index contributed by atoms with van der Waals surface area (Å²) in [6.07, 6.45) is -0.685. The Balaban J connectivity index is 1.62. The third kappa shape index (κ3) is 10.8.